The normalized spacial score (nSPS) is 13.9. The molecule has 2 aromatic heterocycles. The van der Waals surface area contributed by atoms with Crippen molar-refractivity contribution in [3.63, 3.8) is 0 Å². The van der Waals surface area contributed by atoms with Crippen LogP contribution in [0.3, 0.4) is 0 Å². The Labute approximate surface area is 325 Å². The number of hydrogen-bond acceptors (Lipinski definition) is 2. The molecule has 56 heavy (non-hydrogen) atoms. The summed E-state index contributed by atoms with van der Waals surface area (Å²) in [6.07, 6.45) is 4.54. The zero-order valence-electron chi connectivity index (χ0n) is 31.1. The smallest absolute Gasteiger partial charge is 0.136 e. The molecule has 0 unspecified atom stereocenters. The fourth-order valence-corrected chi connectivity index (χ4v) is 9.60. The SMILES string of the molecule is CC1(C)c2ccccc2-c2ccc(N3c4ccc(-c5ccc6c(c5)c5ccccc5n6-c5ccccc5)cc4C=Cc4cc5oc6ccccc6c5cc43)cc21. The van der Waals surface area contributed by atoms with Crippen molar-refractivity contribution in [2.75, 3.05) is 4.90 Å². The Kier molecular flexibility index (Phi) is 6.40. The van der Waals surface area contributed by atoms with Crippen molar-refractivity contribution in [1.82, 2.24) is 4.57 Å². The maximum absolute atomic E-state index is 6.42. The molecular formula is C53H36N2O. The highest BCUT2D eigenvalue weighted by atomic mass is 16.3. The molecule has 3 heteroatoms. The topological polar surface area (TPSA) is 21.3 Å². The first-order valence-corrected chi connectivity index (χ1v) is 19.4. The van der Waals surface area contributed by atoms with Gasteiger partial charge in [-0.05, 0) is 112 Å². The number of rotatable bonds is 3. The van der Waals surface area contributed by atoms with Gasteiger partial charge >= 0.3 is 0 Å². The Hall–Kier alpha value is -7.10. The molecule has 3 heterocycles. The molecule has 8 aromatic carbocycles. The minimum atomic E-state index is -0.117. The number of furan rings is 1. The molecule has 1 aliphatic carbocycles. The Morgan fingerprint density at radius 2 is 1.12 bits per heavy atom. The first kappa shape index (κ1) is 31.3. The van der Waals surface area contributed by atoms with E-state index in [1.165, 1.54) is 60.9 Å². The third-order valence-corrected chi connectivity index (χ3v) is 12.3. The van der Waals surface area contributed by atoms with Crippen LogP contribution in [0.4, 0.5) is 17.1 Å². The standard InChI is InChI=1S/C53H36N2O/c1-53(2)45-17-9-6-14-39(45)40-25-24-38(31-46(40)53)55-47-26-22-33(28-35(47)20-21-36-30-52-44(32-50(36)55)42-16-8-11-19-51(42)56-52)34-23-27-49-43(29-34)41-15-7-10-18-48(41)54(49)37-12-4-3-5-13-37/h3-32H,1-2H3. The van der Waals surface area contributed by atoms with E-state index in [0.29, 0.717) is 0 Å². The number of nitrogens with zero attached hydrogens (tertiary/aromatic N) is 2. The van der Waals surface area contributed by atoms with Crippen molar-refractivity contribution >= 4 is 73.0 Å². The van der Waals surface area contributed by atoms with Gasteiger partial charge in [-0.3, -0.25) is 0 Å². The van der Waals surface area contributed by atoms with Gasteiger partial charge in [-0.2, -0.15) is 0 Å². The molecule has 0 radical (unpaired) electrons. The van der Waals surface area contributed by atoms with Crippen LogP contribution in [0.25, 0.3) is 83.8 Å². The van der Waals surface area contributed by atoms with Crippen LogP contribution in [0.5, 0.6) is 0 Å². The minimum Gasteiger partial charge on any atom is -0.456 e. The summed E-state index contributed by atoms with van der Waals surface area (Å²) in [5.74, 6) is 0. The summed E-state index contributed by atoms with van der Waals surface area (Å²) in [5, 5.41) is 4.75. The second kappa shape index (κ2) is 11.5. The van der Waals surface area contributed by atoms with E-state index in [4.69, 9.17) is 4.42 Å². The van der Waals surface area contributed by atoms with Crippen molar-refractivity contribution in [2.24, 2.45) is 0 Å². The van der Waals surface area contributed by atoms with Crippen LogP contribution in [0.2, 0.25) is 0 Å². The molecular weight excluding hydrogens is 681 g/mol. The summed E-state index contributed by atoms with van der Waals surface area (Å²) in [6.45, 7) is 4.71. The molecule has 0 bridgehead atoms. The van der Waals surface area contributed by atoms with Crippen molar-refractivity contribution in [1.29, 1.82) is 0 Å². The van der Waals surface area contributed by atoms with Gasteiger partial charge in [0.25, 0.3) is 0 Å². The van der Waals surface area contributed by atoms with Crippen molar-refractivity contribution in [3.8, 4) is 27.9 Å². The molecule has 0 amide bonds. The fourth-order valence-electron chi connectivity index (χ4n) is 9.60. The predicted octanol–water partition coefficient (Wildman–Crippen LogP) is 14.6. The van der Waals surface area contributed by atoms with Gasteiger partial charge in [0, 0.05) is 43.9 Å². The lowest BCUT2D eigenvalue weighted by Crippen LogP contribution is -2.17. The summed E-state index contributed by atoms with van der Waals surface area (Å²) in [6, 6.07) is 62.1. The van der Waals surface area contributed by atoms with E-state index in [-0.39, 0.29) is 5.41 Å². The van der Waals surface area contributed by atoms with Gasteiger partial charge < -0.3 is 13.9 Å². The van der Waals surface area contributed by atoms with Crippen LogP contribution in [-0.4, -0.2) is 4.57 Å². The number of anilines is 3. The van der Waals surface area contributed by atoms with E-state index in [2.05, 4.69) is 199 Å². The highest BCUT2D eigenvalue weighted by Gasteiger charge is 2.36. The minimum absolute atomic E-state index is 0.117. The van der Waals surface area contributed by atoms with E-state index in [0.717, 1.165) is 50.1 Å². The van der Waals surface area contributed by atoms with Gasteiger partial charge in [-0.1, -0.05) is 123 Å². The van der Waals surface area contributed by atoms with Crippen LogP contribution in [0.15, 0.2) is 174 Å². The lowest BCUT2D eigenvalue weighted by atomic mass is 9.82. The summed E-state index contributed by atoms with van der Waals surface area (Å²) < 4.78 is 8.79. The lowest BCUT2D eigenvalue weighted by molar-refractivity contribution is 0.660. The van der Waals surface area contributed by atoms with E-state index in [1.807, 2.05) is 6.07 Å². The van der Waals surface area contributed by atoms with Gasteiger partial charge in [-0.15, -0.1) is 0 Å². The quantitative estimate of drug-likeness (QED) is 0.182. The average molecular weight is 717 g/mol. The van der Waals surface area contributed by atoms with Crippen LogP contribution < -0.4 is 4.90 Å². The first-order valence-electron chi connectivity index (χ1n) is 19.4. The molecule has 0 spiro atoms. The van der Waals surface area contributed by atoms with E-state index in [1.54, 1.807) is 0 Å². The molecule has 2 aliphatic rings. The summed E-state index contributed by atoms with van der Waals surface area (Å²) in [5.41, 5.74) is 18.7. The van der Waals surface area contributed by atoms with E-state index < -0.39 is 0 Å². The molecule has 3 nitrogen and oxygen atoms in total. The Bertz CT molecular complexity index is 3290. The Morgan fingerprint density at radius 3 is 2.02 bits per heavy atom. The molecule has 10 aromatic rings. The van der Waals surface area contributed by atoms with Gasteiger partial charge in [0.05, 0.1) is 22.4 Å². The van der Waals surface area contributed by atoms with Gasteiger partial charge in [0.15, 0.2) is 0 Å². The van der Waals surface area contributed by atoms with Crippen LogP contribution >= 0.6 is 0 Å². The summed E-state index contributed by atoms with van der Waals surface area (Å²) in [7, 11) is 0. The maximum Gasteiger partial charge on any atom is 0.136 e. The number of fused-ring (bicyclic) bond motifs is 11. The molecule has 0 saturated heterocycles. The van der Waals surface area contributed by atoms with Crippen LogP contribution in [0.1, 0.15) is 36.1 Å². The van der Waals surface area contributed by atoms with Crippen LogP contribution in [0, 0.1) is 0 Å². The van der Waals surface area contributed by atoms with E-state index in [9.17, 15) is 0 Å². The fraction of sp³-hybridized carbons (Fsp3) is 0.0566. The van der Waals surface area contributed by atoms with Gasteiger partial charge in [0.2, 0.25) is 0 Å². The number of para-hydroxylation sites is 3. The Morgan fingerprint density at radius 1 is 0.429 bits per heavy atom. The van der Waals surface area contributed by atoms with E-state index >= 15 is 0 Å². The molecule has 0 saturated carbocycles. The largest absolute Gasteiger partial charge is 0.456 e. The third kappa shape index (κ3) is 4.40. The molecule has 264 valence electrons. The lowest BCUT2D eigenvalue weighted by Gasteiger charge is -2.29. The molecule has 0 N–H and O–H groups in total. The predicted molar refractivity (Wildman–Crippen MR) is 235 cm³/mol. The first-order chi connectivity index (χ1) is 27.5. The highest BCUT2D eigenvalue weighted by Crippen LogP contribution is 2.52. The second-order valence-electron chi connectivity index (χ2n) is 15.8. The molecule has 12 rings (SSSR count). The van der Waals surface area contributed by atoms with Gasteiger partial charge in [-0.25, -0.2) is 0 Å². The monoisotopic (exact) mass is 716 g/mol. The summed E-state index contributed by atoms with van der Waals surface area (Å²) >= 11 is 0. The number of hydrogen-bond donors (Lipinski definition) is 0. The average Bonchev–Trinajstić information content (AvgIpc) is 3.81. The summed E-state index contributed by atoms with van der Waals surface area (Å²) in [4.78, 5) is 2.46. The van der Waals surface area contributed by atoms with Crippen molar-refractivity contribution in [3.05, 3.63) is 192 Å². The molecule has 1 aliphatic heterocycles. The zero-order valence-corrected chi connectivity index (χ0v) is 31.1. The Balaban J connectivity index is 1.05. The van der Waals surface area contributed by atoms with Crippen molar-refractivity contribution < 1.29 is 4.42 Å². The van der Waals surface area contributed by atoms with Gasteiger partial charge in [0.1, 0.15) is 11.2 Å². The number of aromatic nitrogens is 1. The molecule has 0 atom stereocenters. The number of benzene rings is 8. The molecule has 0 fully saturated rings. The highest BCUT2D eigenvalue weighted by molar-refractivity contribution is 6.11. The zero-order chi connectivity index (χ0) is 37.1. The second-order valence-corrected chi connectivity index (χ2v) is 15.8. The van der Waals surface area contributed by atoms with Crippen molar-refractivity contribution in [2.45, 2.75) is 19.3 Å². The maximum atomic E-state index is 6.42. The third-order valence-electron chi connectivity index (χ3n) is 12.3. The van der Waals surface area contributed by atoms with Crippen LogP contribution in [-0.2, 0) is 5.41 Å².